The van der Waals surface area contributed by atoms with Crippen molar-refractivity contribution in [2.75, 3.05) is 69.7 Å². The van der Waals surface area contributed by atoms with Gasteiger partial charge in [-0.15, -0.1) is 11.3 Å². The van der Waals surface area contributed by atoms with Gasteiger partial charge in [0, 0.05) is 56.9 Å². The predicted molar refractivity (Wildman–Crippen MR) is 158 cm³/mol. The molecule has 0 saturated carbocycles. The number of hydrogen-bond donors (Lipinski definition) is 2. The van der Waals surface area contributed by atoms with Crippen LogP contribution in [0.25, 0.3) is 0 Å². The summed E-state index contributed by atoms with van der Waals surface area (Å²) < 4.78 is 5.30. The van der Waals surface area contributed by atoms with E-state index in [-0.39, 0.29) is 17.7 Å². The molecule has 0 spiro atoms. The fraction of sp³-hybridized carbons (Fsp3) is 0.367. The quantitative estimate of drug-likeness (QED) is 0.476. The summed E-state index contributed by atoms with van der Waals surface area (Å²) in [6.45, 7) is 5.57. The Morgan fingerprint density at radius 1 is 0.825 bits per heavy atom. The van der Waals surface area contributed by atoms with Crippen LogP contribution in [0.3, 0.4) is 0 Å². The van der Waals surface area contributed by atoms with E-state index in [4.69, 9.17) is 4.74 Å². The van der Waals surface area contributed by atoms with Gasteiger partial charge in [-0.1, -0.05) is 12.1 Å². The van der Waals surface area contributed by atoms with Gasteiger partial charge in [0.1, 0.15) is 5.75 Å². The second kappa shape index (κ2) is 13.0. The van der Waals surface area contributed by atoms with Crippen molar-refractivity contribution >= 4 is 40.4 Å². The van der Waals surface area contributed by atoms with E-state index in [9.17, 15) is 14.4 Å². The van der Waals surface area contributed by atoms with E-state index >= 15 is 0 Å². The first-order valence-corrected chi connectivity index (χ1v) is 14.6. The molecule has 3 amide bonds. The van der Waals surface area contributed by atoms with Gasteiger partial charge in [-0.3, -0.25) is 14.4 Å². The third-order valence-corrected chi connectivity index (χ3v) is 8.16. The van der Waals surface area contributed by atoms with Gasteiger partial charge in [0.05, 0.1) is 23.4 Å². The number of amides is 3. The first-order chi connectivity index (χ1) is 19.5. The molecule has 2 aliphatic heterocycles. The molecule has 10 heteroatoms. The maximum Gasteiger partial charge on any atom is 0.263 e. The number of thiophene rings is 1. The molecule has 0 radical (unpaired) electrons. The van der Waals surface area contributed by atoms with Gasteiger partial charge in [-0.2, -0.15) is 0 Å². The molecule has 0 atom stereocenters. The Morgan fingerprint density at radius 2 is 1.68 bits per heavy atom. The van der Waals surface area contributed by atoms with Gasteiger partial charge in [0.25, 0.3) is 17.7 Å². The molecular formula is C30H35N5O4S. The summed E-state index contributed by atoms with van der Waals surface area (Å²) in [6, 6.07) is 16.3. The van der Waals surface area contributed by atoms with Crippen molar-refractivity contribution < 1.29 is 19.1 Å². The third-order valence-electron chi connectivity index (χ3n) is 7.31. The summed E-state index contributed by atoms with van der Waals surface area (Å²) in [5.74, 6) is 0.314. The summed E-state index contributed by atoms with van der Waals surface area (Å²) in [6.07, 6.45) is 1.69. The number of carbonyl (C=O) groups is 3. The minimum absolute atomic E-state index is 0.0456. The maximum absolute atomic E-state index is 13.4. The van der Waals surface area contributed by atoms with E-state index in [2.05, 4.69) is 15.5 Å². The predicted octanol–water partition coefficient (Wildman–Crippen LogP) is 3.80. The fourth-order valence-electron chi connectivity index (χ4n) is 5.15. The molecule has 0 unspecified atom stereocenters. The summed E-state index contributed by atoms with van der Waals surface area (Å²) in [5, 5.41) is 8.31. The number of anilines is 2. The molecule has 0 bridgehead atoms. The summed E-state index contributed by atoms with van der Waals surface area (Å²) in [7, 11) is 1.56. The van der Waals surface area contributed by atoms with Crippen molar-refractivity contribution in [3.63, 3.8) is 0 Å². The number of methoxy groups -OCH3 is 1. The second-order valence-corrected chi connectivity index (χ2v) is 10.9. The van der Waals surface area contributed by atoms with Crippen molar-refractivity contribution in [2.45, 2.75) is 12.8 Å². The van der Waals surface area contributed by atoms with Gasteiger partial charge in [-0.05, 0) is 67.2 Å². The number of rotatable bonds is 6. The Bertz CT molecular complexity index is 1340. The zero-order valence-electron chi connectivity index (χ0n) is 22.7. The van der Waals surface area contributed by atoms with E-state index in [0.29, 0.717) is 55.3 Å². The average Bonchev–Trinajstić information content (AvgIpc) is 3.23. The van der Waals surface area contributed by atoms with Crippen molar-refractivity contribution in [1.82, 2.24) is 15.1 Å². The zero-order valence-corrected chi connectivity index (χ0v) is 23.5. The van der Waals surface area contributed by atoms with E-state index < -0.39 is 0 Å². The number of nitrogens with zero attached hydrogens (tertiary/aromatic N) is 3. The maximum atomic E-state index is 13.4. The number of ether oxygens (including phenoxy) is 1. The molecule has 5 rings (SSSR count). The van der Waals surface area contributed by atoms with Crippen molar-refractivity contribution in [3.05, 3.63) is 76.0 Å². The number of benzene rings is 2. The van der Waals surface area contributed by atoms with Gasteiger partial charge in [0.2, 0.25) is 0 Å². The Balaban J connectivity index is 1.41. The standard InChI is InChI=1S/C30H35N5O4S/c1-39-24-7-2-6-22(20-24)28(36)32-25-21-23(29(37)34-13-4-11-31-12-16-34)9-10-26(25)33-14-5-15-35(18-17-33)30(38)27-8-3-19-40-27/h2-3,6-10,19-21,31H,4-5,11-18H2,1H3,(H,32,36). The molecule has 2 fully saturated rings. The van der Waals surface area contributed by atoms with Crippen LogP contribution in [-0.4, -0.2) is 87.0 Å². The first-order valence-electron chi connectivity index (χ1n) is 13.7. The number of nitrogens with one attached hydrogen (secondary N) is 2. The van der Waals surface area contributed by atoms with E-state index in [1.54, 1.807) is 37.4 Å². The van der Waals surface area contributed by atoms with Crippen molar-refractivity contribution in [2.24, 2.45) is 0 Å². The number of carbonyl (C=O) groups excluding carboxylic acids is 3. The van der Waals surface area contributed by atoms with Crippen LogP contribution in [-0.2, 0) is 0 Å². The van der Waals surface area contributed by atoms with Gasteiger partial charge in [-0.25, -0.2) is 0 Å². The Morgan fingerprint density at radius 3 is 2.50 bits per heavy atom. The molecule has 9 nitrogen and oxygen atoms in total. The smallest absolute Gasteiger partial charge is 0.263 e. The van der Waals surface area contributed by atoms with Crippen LogP contribution in [0, 0.1) is 0 Å². The molecule has 1 aromatic heterocycles. The van der Waals surface area contributed by atoms with Crippen molar-refractivity contribution in [3.8, 4) is 5.75 Å². The third kappa shape index (κ3) is 6.46. The lowest BCUT2D eigenvalue weighted by Gasteiger charge is -2.27. The highest BCUT2D eigenvalue weighted by molar-refractivity contribution is 7.12. The molecule has 2 N–H and O–H groups in total. The Labute approximate surface area is 238 Å². The SMILES string of the molecule is COc1cccc(C(=O)Nc2cc(C(=O)N3CCCNCC3)ccc2N2CCCN(C(=O)c3cccs3)CC2)c1. The van der Waals surface area contributed by atoms with Gasteiger partial charge >= 0.3 is 0 Å². The normalized spacial score (nSPS) is 16.2. The highest BCUT2D eigenvalue weighted by atomic mass is 32.1. The largest absolute Gasteiger partial charge is 0.497 e. The highest BCUT2D eigenvalue weighted by Crippen LogP contribution is 2.30. The first kappa shape index (κ1) is 27.7. The molecule has 40 heavy (non-hydrogen) atoms. The summed E-state index contributed by atoms with van der Waals surface area (Å²) in [4.78, 5) is 46.4. The molecule has 3 heterocycles. The Kier molecular flexibility index (Phi) is 8.98. The van der Waals surface area contributed by atoms with Crippen LogP contribution in [0.15, 0.2) is 60.0 Å². The topological polar surface area (TPSA) is 94.2 Å². The second-order valence-electron chi connectivity index (χ2n) is 9.92. The molecule has 0 aliphatic carbocycles. The number of hydrogen-bond acceptors (Lipinski definition) is 7. The van der Waals surface area contributed by atoms with Crippen LogP contribution in [0.5, 0.6) is 5.75 Å². The van der Waals surface area contributed by atoms with E-state index in [1.165, 1.54) is 11.3 Å². The molecule has 2 aromatic carbocycles. The lowest BCUT2D eigenvalue weighted by Crippen LogP contribution is -2.35. The molecule has 2 saturated heterocycles. The minimum atomic E-state index is -0.284. The van der Waals surface area contributed by atoms with Crippen LogP contribution >= 0.6 is 11.3 Å². The fourth-order valence-corrected chi connectivity index (χ4v) is 5.84. The highest BCUT2D eigenvalue weighted by Gasteiger charge is 2.25. The zero-order chi connectivity index (χ0) is 27.9. The molecule has 210 valence electrons. The monoisotopic (exact) mass is 561 g/mol. The van der Waals surface area contributed by atoms with Crippen LogP contribution in [0.1, 0.15) is 43.2 Å². The van der Waals surface area contributed by atoms with Gasteiger partial charge in [0.15, 0.2) is 0 Å². The lowest BCUT2D eigenvalue weighted by molar-refractivity contribution is 0.0761. The molecular weight excluding hydrogens is 526 g/mol. The molecule has 2 aliphatic rings. The summed E-state index contributed by atoms with van der Waals surface area (Å²) >= 11 is 1.45. The van der Waals surface area contributed by atoms with Crippen LogP contribution < -0.4 is 20.3 Å². The van der Waals surface area contributed by atoms with E-state index in [0.717, 1.165) is 43.0 Å². The van der Waals surface area contributed by atoms with Gasteiger partial charge < -0.3 is 30.1 Å². The lowest BCUT2D eigenvalue weighted by atomic mass is 10.1. The van der Waals surface area contributed by atoms with Crippen LogP contribution in [0.2, 0.25) is 0 Å². The molecule has 3 aromatic rings. The van der Waals surface area contributed by atoms with Crippen LogP contribution in [0.4, 0.5) is 11.4 Å². The van der Waals surface area contributed by atoms with Crippen molar-refractivity contribution in [1.29, 1.82) is 0 Å². The minimum Gasteiger partial charge on any atom is -0.497 e. The van der Waals surface area contributed by atoms with E-state index in [1.807, 2.05) is 39.4 Å². The summed E-state index contributed by atoms with van der Waals surface area (Å²) in [5.41, 5.74) is 2.40. The Hall–Kier alpha value is -3.89. The average molecular weight is 562 g/mol.